The van der Waals surface area contributed by atoms with Gasteiger partial charge in [-0.05, 0) is 24.4 Å². The molecule has 3 aromatic rings. The number of hydrogen-bond acceptors (Lipinski definition) is 4. The van der Waals surface area contributed by atoms with Gasteiger partial charge in [0.25, 0.3) is 5.56 Å². The third-order valence-corrected chi connectivity index (χ3v) is 4.18. The van der Waals surface area contributed by atoms with Gasteiger partial charge < -0.3 is 10.1 Å². The topological polar surface area (TPSA) is 81.2 Å². The first-order valence-electron chi connectivity index (χ1n) is 7.64. The number of aromatic hydroxyl groups is 1. The quantitative estimate of drug-likeness (QED) is 0.617. The molecule has 0 radical (unpaired) electrons. The summed E-state index contributed by atoms with van der Waals surface area (Å²) in [5, 5.41) is 10.1. The summed E-state index contributed by atoms with van der Waals surface area (Å²) in [7, 11) is 0. The van der Waals surface area contributed by atoms with E-state index in [1.165, 1.54) is 0 Å². The van der Waals surface area contributed by atoms with Crippen LogP contribution in [-0.4, -0.2) is 20.8 Å². The van der Waals surface area contributed by atoms with Gasteiger partial charge in [-0.15, -0.1) is 0 Å². The zero-order valence-corrected chi connectivity index (χ0v) is 13.8. The molecular weight excluding hydrogens is 334 g/mol. The standard InChI is InChI=1S/C19H13N3O2S/c23-17-14(18(24)22-19(25)21-17)10-13-12-8-4-5-9-15(12)20-16(13)11-6-2-1-3-7-11/h1-10H,(H3,21,22,23,24,25)/b13-10+. The summed E-state index contributed by atoms with van der Waals surface area (Å²) in [5.74, 6) is -0.266. The van der Waals surface area contributed by atoms with Crippen molar-refractivity contribution in [2.75, 3.05) is 0 Å². The minimum atomic E-state index is -0.453. The summed E-state index contributed by atoms with van der Waals surface area (Å²) in [6.45, 7) is 0. The van der Waals surface area contributed by atoms with Crippen molar-refractivity contribution in [3.8, 4) is 5.88 Å². The molecule has 0 fully saturated rings. The lowest BCUT2D eigenvalue weighted by molar-refractivity contribution is 0.448. The predicted molar refractivity (Wildman–Crippen MR) is 101 cm³/mol. The maximum absolute atomic E-state index is 12.2. The van der Waals surface area contributed by atoms with Crippen LogP contribution in [0.15, 0.2) is 64.4 Å². The summed E-state index contributed by atoms with van der Waals surface area (Å²) >= 11 is 4.88. The van der Waals surface area contributed by atoms with E-state index in [2.05, 4.69) is 9.97 Å². The van der Waals surface area contributed by atoms with Crippen LogP contribution in [0.3, 0.4) is 0 Å². The Morgan fingerprint density at radius 3 is 2.48 bits per heavy atom. The molecule has 2 aromatic carbocycles. The maximum Gasteiger partial charge on any atom is 0.262 e. The zero-order valence-electron chi connectivity index (χ0n) is 13.0. The third-order valence-electron chi connectivity index (χ3n) is 3.98. The molecule has 0 amide bonds. The number of aromatic nitrogens is 2. The van der Waals surface area contributed by atoms with Crippen LogP contribution in [-0.2, 0) is 0 Å². The van der Waals surface area contributed by atoms with Crippen molar-refractivity contribution in [1.29, 1.82) is 0 Å². The average Bonchev–Trinajstić information content (AvgIpc) is 2.97. The molecule has 0 aliphatic carbocycles. The predicted octanol–water partition coefficient (Wildman–Crippen LogP) is 3.81. The van der Waals surface area contributed by atoms with Crippen molar-refractivity contribution in [3.05, 3.63) is 86.4 Å². The van der Waals surface area contributed by atoms with Crippen molar-refractivity contribution in [2.24, 2.45) is 4.99 Å². The highest BCUT2D eigenvalue weighted by Gasteiger charge is 2.22. The van der Waals surface area contributed by atoms with Gasteiger partial charge in [0, 0.05) is 16.7 Å². The Hall–Kier alpha value is -3.25. The van der Waals surface area contributed by atoms with Crippen LogP contribution in [0.5, 0.6) is 5.88 Å². The van der Waals surface area contributed by atoms with Crippen LogP contribution in [0.4, 0.5) is 5.69 Å². The molecule has 0 saturated carbocycles. The van der Waals surface area contributed by atoms with Crippen LogP contribution >= 0.6 is 12.2 Å². The van der Waals surface area contributed by atoms with Crippen molar-refractivity contribution in [2.45, 2.75) is 0 Å². The normalized spacial score (nSPS) is 14.4. The Balaban J connectivity index is 1.96. The van der Waals surface area contributed by atoms with E-state index in [1.54, 1.807) is 6.08 Å². The lowest BCUT2D eigenvalue weighted by Crippen LogP contribution is -2.12. The summed E-state index contributed by atoms with van der Waals surface area (Å²) in [5.41, 5.74) is 3.85. The van der Waals surface area contributed by atoms with Crippen molar-refractivity contribution >= 4 is 35.3 Å². The lowest BCUT2D eigenvalue weighted by Gasteiger charge is -2.06. The van der Waals surface area contributed by atoms with Gasteiger partial charge in [0.15, 0.2) is 4.77 Å². The second-order valence-electron chi connectivity index (χ2n) is 5.57. The molecule has 0 saturated heterocycles. The fourth-order valence-electron chi connectivity index (χ4n) is 2.83. The van der Waals surface area contributed by atoms with E-state index < -0.39 is 5.56 Å². The molecule has 1 aromatic heterocycles. The molecule has 0 spiro atoms. The fourth-order valence-corrected chi connectivity index (χ4v) is 3.02. The average molecular weight is 347 g/mol. The molecule has 5 nitrogen and oxygen atoms in total. The van der Waals surface area contributed by atoms with Crippen LogP contribution in [0.25, 0.3) is 11.6 Å². The Labute approximate surface area is 148 Å². The van der Waals surface area contributed by atoms with Gasteiger partial charge in [0.1, 0.15) is 5.56 Å². The van der Waals surface area contributed by atoms with E-state index >= 15 is 0 Å². The van der Waals surface area contributed by atoms with Crippen molar-refractivity contribution in [3.63, 3.8) is 0 Å². The number of para-hydroxylation sites is 1. The van der Waals surface area contributed by atoms with Gasteiger partial charge in [-0.1, -0.05) is 48.5 Å². The number of allylic oxidation sites excluding steroid dienone is 1. The molecule has 6 heteroatoms. The zero-order chi connectivity index (χ0) is 17.4. The molecule has 1 aliphatic heterocycles. The third kappa shape index (κ3) is 2.72. The first-order valence-corrected chi connectivity index (χ1v) is 8.05. The number of aliphatic imine (C=N–C) groups is 1. The number of benzene rings is 2. The highest BCUT2D eigenvalue weighted by atomic mass is 32.1. The van der Waals surface area contributed by atoms with Crippen LogP contribution in [0.1, 0.15) is 16.7 Å². The molecule has 0 atom stereocenters. The van der Waals surface area contributed by atoms with Gasteiger partial charge >= 0.3 is 0 Å². The summed E-state index contributed by atoms with van der Waals surface area (Å²) < 4.78 is 0.0772. The molecular formula is C19H13N3O2S. The summed E-state index contributed by atoms with van der Waals surface area (Å²) in [6, 6.07) is 17.4. The van der Waals surface area contributed by atoms with Crippen LogP contribution < -0.4 is 5.56 Å². The number of aromatic amines is 2. The maximum atomic E-state index is 12.2. The Morgan fingerprint density at radius 2 is 1.72 bits per heavy atom. The molecule has 2 heterocycles. The van der Waals surface area contributed by atoms with E-state index in [0.29, 0.717) is 0 Å². The molecule has 0 unspecified atom stereocenters. The van der Waals surface area contributed by atoms with Gasteiger partial charge in [0.2, 0.25) is 5.88 Å². The first kappa shape index (κ1) is 15.3. The highest BCUT2D eigenvalue weighted by Crippen LogP contribution is 2.38. The first-order chi connectivity index (χ1) is 12.1. The number of nitrogens with zero attached hydrogens (tertiary/aromatic N) is 1. The van der Waals surface area contributed by atoms with Gasteiger partial charge in [0.05, 0.1) is 11.4 Å². The summed E-state index contributed by atoms with van der Waals surface area (Å²) in [6.07, 6.45) is 1.64. The number of nitrogens with one attached hydrogen (secondary N) is 2. The monoisotopic (exact) mass is 347 g/mol. The fraction of sp³-hybridized carbons (Fsp3) is 0. The molecule has 122 valence electrons. The van der Waals surface area contributed by atoms with Crippen molar-refractivity contribution < 1.29 is 5.11 Å². The molecule has 4 rings (SSSR count). The van der Waals surface area contributed by atoms with E-state index in [1.807, 2.05) is 54.6 Å². The van der Waals surface area contributed by atoms with Crippen LogP contribution in [0, 0.1) is 4.77 Å². The Morgan fingerprint density at radius 1 is 1.00 bits per heavy atom. The number of hydrogen-bond donors (Lipinski definition) is 3. The van der Waals surface area contributed by atoms with E-state index in [9.17, 15) is 9.90 Å². The smallest absolute Gasteiger partial charge is 0.262 e. The Bertz CT molecular complexity index is 1140. The molecule has 3 N–H and O–H groups in total. The van der Waals surface area contributed by atoms with E-state index in [-0.39, 0.29) is 16.2 Å². The SMILES string of the molecule is O=c1[nH]c(=S)[nH]c(O)c1/C=C1/C(c2ccccc2)=Nc2ccccc21. The summed E-state index contributed by atoms with van der Waals surface area (Å²) in [4.78, 5) is 22.0. The Kier molecular flexibility index (Phi) is 3.66. The highest BCUT2D eigenvalue weighted by molar-refractivity contribution is 7.71. The number of H-pyrrole nitrogens is 2. The second kappa shape index (κ2) is 5.99. The largest absolute Gasteiger partial charge is 0.494 e. The molecule has 0 bridgehead atoms. The van der Waals surface area contributed by atoms with Gasteiger partial charge in [-0.3, -0.25) is 9.78 Å². The van der Waals surface area contributed by atoms with Gasteiger partial charge in [-0.2, -0.15) is 0 Å². The van der Waals surface area contributed by atoms with Crippen LogP contribution in [0.2, 0.25) is 0 Å². The van der Waals surface area contributed by atoms with Crippen molar-refractivity contribution in [1.82, 2.24) is 9.97 Å². The van der Waals surface area contributed by atoms with Gasteiger partial charge in [-0.25, -0.2) is 4.99 Å². The molecule has 1 aliphatic rings. The molecule has 25 heavy (non-hydrogen) atoms. The second-order valence-corrected chi connectivity index (χ2v) is 5.98. The number of fused-ring (bicyclic) bond motifs is 1. The minimum Gasteiger partial charge on any atom is -0.494 e. The number of rotatable bonds is 2. The minimum absolute atomic E-state index is 0.0772. The van der Waals surface area contributed by atoms with E-state index in [0.717, 1.165) is 28.1 Å². The van der Waals surface area contributed by atoms with E-state index in [4.69, 9.17) is 17.2 Å². The lowest BCUT2D eigenvalue weighted by atomic mass is 9.96.